The third-order valence-corrected chi connectivity index (χ3v) is 7.66. The zero-order valence-electron chi connectivity index (χ0n) is 17.7. The molecule has 1 aliphatic carbocycles. The SMILES string of the molecule is O=[N+]([O-])c1cc(CSc2nnc(C3CCC(Br)CC3)n2Cc2ccccc2)cc([N+](=O)[O-])c1. The number of alkyl halides is 1. The molecule has 172 valence electrons. The molecule has 9 nitrogen and oxygen atoms in total. The van der Waals surface area contributed by atoms with Crippen LogP contribution >= 0.6 is 27.7 Å². The van der Waals surface area contributed by atoms with Crippen molar-refractivity contribution in [3.8, 4) is 0 Å². The minimum Gasteiger partial charge on any atom is -0.301 e. The molecule has 3 aromatic rings. The van der Waals surface area contributed by atoms with E-state index in [0.29, 0.717) is 33.8 Å². The summed E-state index contributed by atoms with van der Waals surface area (Å²) in [7, 11) is 0. The average molecular weight is 532 g/mol. The first kappa shape index (κ1) is 23.4. The fourth-order valence-corrected chi connectivity index (χ4v) is 5.44. The maximum absolute atomic E-state index is 11.2. The first-order valence-electron chi connectivity index (χ1n) is 10.6. The summed E-state index contributed by atoms with van der Waals surface area (Å²) in [5.41, 5.74) is 1.03. The molecule has 0 radical (unpaired) electrons. The van der Waals surface area contributed by atoms with Crippen molar-refractivity contribution in [2.24, 2.45) is 0 Å². The molecule has 0 amide bonds. The second-order valence-electron chi connectivity index (χ2n) is 8.02. The van der Waals surface area contributed by atoms with Gasteiger partial charge in [-0.15, -0.1) is 10.2 Å². The van der Waals surface area contributed by atoms with Crippen LogP contribution in [0, 0.1) is 20.2 Å². The van der Waals surface area contributed by atoms with Crippen molar-refractivity contribution in [3.63, 3.8) is 0 Å². The molecule has 0 aliphatic heterocycles. The third-order valence-electron chi connectivity index (χ3n) is 5.70. The van der Waals surface area contributed by atoms with Gasteiger partial charge >= 0.3 is 0 Å². The number of hydrogen-bond donors (Lipinski definition) is 0. The Morgan fingerprint density at radius 1 is 0.939 bits per heavy atom. The highest BCUT2D eigenvalue weighted by Gasteiger charge is 2.27. The third kappa shape index (κ3) is 5.77. The Labute approximate surface area is 203 Å². The molecule has 1 heterocycles. The fraction of sp³-hybridized carbons (Fsp3) is 0.364. The summed E-state index contributed by atoms with van der Waals surface area (Å²) in [6.45, 7) is 0.620. The molecule has 1 saturated carbocycles. The lowest BCUT2D eigenvalue weighted by atomic mass is 9.88. The van der Waals surface area contributed by atoms with Crippen LogP contribution in [0.5, 0.6) is 0 Å². The van der Waals surface area contributed by atoms with Gasteiger partial charge < -0.3 is 4.57 Å². The van der Waals surface area contributed by atoms with E-state index in [-0.39, 0.29) is 11.4 Å². The highest BCUT2D eigenvalue weighted by atomic mass is 79.9. The topological polar surface area (TPSA) is 117 Å². The summed E-state index contributed by atoms with van der Waals surface area (Å²) in [6, 6.07) is 13.8. The van der Waals surface area contributed by atoms with Crippen molar-refractivity contribution in [2.75, 3.05) is 0 Å². The van der Waals surface area contributed by atoms with Crippen molar-refractivity contribution < 1.29 is 9.85 Å². The molecular formula is C22H22BrN5O4S. The Kier molecular flexibility index (Phi) is 7.39. The summed E-state index contributed by atoms with van der Waals surface area (Å²) in [5, 5.41) is 32.1. The van der Waals surface area contributed by atoms with E-state index in [1.165, 1.54) is 23.9 Å². The lowest BCUT2D eigenvalue weighted by Gasteiger charge is -2.25. The number of rotatable bonds is 8. The first-order chi connectivity index (χ1) is 15.9. The van der Waals surface area contributed by atoms with Crippen LogP contribution in [-0.4, -0.2) is 29.4 Å². The first-order valence-corrected chi connectivity index (χ1v) is 12.5. The van der Waals surface area contributed by atoms with Gasteiger partial charge in [0, 0.05) is 28.6 Å². The molecule has 0 saturated heterocycles. The van der Waals surface area contributed by atoms with Gasteiger partial charge in [0.05, 0.1) is 22.5 Å². The van der Waals surface area contributed by atoms with Gasteiger partial charge in [0.25, 0.3) is 11.4 Å². The van der Waals surface area contributed by atoms with Gasteiger partial charge in [-0.2, -0.15) is 0 Å². The molecule has 0 bridgehead atoms. The molecule has 1 aliphatic rings. The predicted octanol–water partition coefficient (Wildman–Crippen LogP) is 5.86. The van der Waals surface area contributed by atoms with Crippen molar-refractivity contribution >= 4 is 39.1 Å². The summed E-state index contributed by atoms with van der Waals surface area (Å²) < 4.78 is 2.12. The molecule has 1 fully saturated rings. The van der Waals surface area contributed by atoms with E-state index in [1.54, 1.807) is 0 Å². The van der Waals surface area contributed by atoms with E-state index >= 15 is 0 Å². The maximum Gasteiger partial charge on any atom is 0.276 e. The monoisotopic (exact) mass is 531 g/mol. The van der Waals surface area contributed by atoms with E-state index in [1.807, 2.05) is 18.2 Å². The van der Waals surface area contributed by atoms with Crippen molar-refractivity contribution in [1.82, 2.24) is 14.8 Å². The number of nitro groups is 2. The van der Waals surface area contributed by atoms with Crippen molar-refractivity contribution in [3.05, 3.63) is 85.7 Å². The zero-order valence-corrected chi connectivity index (χ0v) is 20.1. The number of thioether (sulfide) groups is 1. The van der Waals surface area contributed by atoms with Gasteiger partial charge in [-0.1, -0.05) is 58.0 Å². The van der Waals surface area contributed by atoms with Gasteiger partial charge in [-0.25, -0.2) is 0 Å². The zero-order chi connectivity index (χ0) is 23.4. The molecule has 0 N–H and O–H groups in total. The molecule has 2 aromatic carbocycles. The van der Waals surface area contributed by atoms with Gasteiger partial charge in [-0.05, 0) is 36.8 Å². The van der Waals surface area contributed by atoms with Gasteiger partial charge in [0.2, 0.25) is 0 Å². The van der Waals surface area contributed by atoms with E-state index in [9.17, 15) is 20.2 Å². The highest BCUT2D eigenvalue weighted by Crippen LogP contribution is 2.37. The smallest absolute Gasteiger partial charge is 0.276 e. The van der Waals surface area contributed by atoms with E-state index < -0.39 is 9.85 Å². The Bertz CT molecular complexity index is 1120. The van der Waals surface area contributed by atoms with Crippen molar-refractivity contribution in [2.45, 2.75) is 53.9 Å². The summed E-state index contributed by atoms with van der Waals surface area (Å²) in [4.78, 5) is 21.7. The number of benzene rings is 2. The van der Waals surface area contributed by atoms with Gasteiger partial charge in [0.15, 0.2) is 5.16 Å². The summed E-state index contributed by atoms with van der Waals surface area (Å²) in [6.07, 6.45) is 4.24. The predicted molar refractivity (Wildman–Crippen MR) is 129 cm³/mol. The lowest BCUT2D eigenvalue weighted by Crippen LogP contribution is -2.17. The Balaban J connectivity index is 1.61. The number of non-ortho nitro benzene ring substituents is 2. The number of nitrogens with zero attached hydrogens (tertiary/aromatic N) is 5. The number of nitro benzene ring substituents is 2. The second kappa shape index (κ2) is 10.4. The molecule has 1 aromatic heterocycles. The molecule has 4 rings (SSSR count). The number of halogens is 1. The van der Waals surface area contributed by atoms with Crippen LogP contribution in [-0.2, 0) is 12.3 Å². The molecular weight excluding hydrogens is 510 g/mol. The average Bonchev–Trinajstić information content (AvgIpc) is 3.21. The standard InChI is InChI=1S/C22H22BrN5O4S/c23-18-8-6-17(7-9-18)21-24-25-22(26(21)13-15-4-2-1-3-5-15)33-14-16-10-19(27(29)30)12-20(11-16)28(31)32/h1-5,10-12,17-18H,6-9,13-14H2. The van der Waals surface area contributed by atoms with Crippen LogP contribution in [0.3, 0.4) is 0 Å². The molecule has 0 atom stereocenters. The molecule has 0 unspecified atom stereocenters. The Hall–Kier alpha value is -2.79. The van der Waals surface area contributed by atoms with E-state index in [2.05, 4.69) is 42.8 Å². The lowest BCUT2D eigenvalue weighted by molar-refractivity contribution is -0.394. The number of hydrogen-bond acceptors (Lipinski definition) is 7. The maximum atomic E-state index is 11.2. The normalized spacial score (nSPS) is 18.2. The Morgan fingerprint density at radius 2 is 1.58 bits per heavy atom. The largest absolute Gasteiger partial charge is 0.301 e. The van der Waals surface area contributed by atoms with Crippen LogP contribution in [0.15, 0.2) is 53.7 Å². The highest BCUT2D eigenvalue weighted by molar-refractivity contribution is 9.09. The van der Waals surface area contributed by atoms with Crippen LogP contribution in [0.2, 0.25) is 0 Å². The quantitative estimate of drug-likeness (QED) is 0.154. The van der Waals surface area contributed by atoms with Gasteiger partial charge in [-0.3, -0.25) is 20.2 Å². The molecule has 33 heavy (non-hydrogen) atoms. The van der Waals surface area contributed by atoms with Gasteiger partial charge in [0.1, 0.15) is 5.82 Å². The van der Waals surface area contributed by atoms with E-state index in [0.717, 1.165) is 43.1 Å². The second-order valence-corrected chi connectivity index (χ2v) is 10.3. The minimum atomic E-state index is -0.614. The molecule has 0 spiro atoms. The van der Waals surface area contributed by atoms with Crippen LogP contribution in [0.1, 0.15) is 48.6 Å². The minimum absolute atomic E-state index is 0.294. The van der Waals surface area contributed by atoms with Crippen LogP contribution < -0.4 is 0 Å². The van der Waals surface area contributed by atoms with Crippen LogP contribution in [0.4, 0.5) is 11.4 Å². The number of aromatic nitrogens is 3. The molecule has 11 heteroatoms. The summed E-state index contributed by atoms with van der Waals surface area (Å²) in [5.74, 6) is 1.58. The van der Waals surface area contributed by atoms with Crippen LogP contribution in [0.25, 0.3) is 0 Å². The Morgan fingerprint density at radius 3 is 2.18 bits per heavy atom. The fourth-order valence-electron chi connectivity index (χ4n) is 4.03. The van der Waals surface area contributed by atoms with E-state index in [4.69, 9.17) is 0 Å². The van der Waals surface area contributed by atoms with Crippen molar-refractivity contribution in [1.29, 1.82) is 0 Å². The summed E-state index contributed by atoms with van der Waals surface area (Å²) >= 11 is 5.09.